The molecule has 25 heavy (non-hydrogen) atoms. The summed E-state index contributed by atoms with van der Waals surface area (Å²) in [6.45, 7) is 0.396. The lowest BCUT2D eigenvalue weighted by molar-refractivity contribution is 0.0785. The van der Waals surface area contributed by atoms with E-state index in [9.17, 15) is 13.2 Å². The summed E-state index contributed by atoms with van der Waals surface area (Å²) in [4.78, 5) is 15.3. The Kier molecular flexibility index (Phi) is 6.51. The maximum absolute atomic E-state index is 12.7. The van der Waals surface area contributed by atoms with Gasteiger partial charge in [-0.2, -0.15) is 0 Å². The molecule has 8 heteroatoms. The lowest BCUT2D eigenvalue weighted by Gasteiger charge is -2.19. The Morgan fingerprint density at radius 3 is 2.40 bits per heavy atom. The number of amides is 1. The number of halogens is 1. The van der Waals surface area contributed by atoms with Gasteiger partial charge in [0.15, 0.2) is 0 Å². The fourth-order valence-electron chi connectivity index (χ4n) is 2.24. The normalized spacial score (nSPS) is 11.4. The molecule has 0 radical (unpaired) electrons. The van der Waals surface area contributed by atoms with E-state index in [1.807, 2.05) is 30.5 Å². The summed E-state index contributed by atoms with van der Waals surface area (Å²) in [7, 11) is -0.677. The van der Waals surface area contributed by atoms with Crippen LogP contribution in [-0.2, 0) is 16.6 Å². The Morgan fingerprint density at radius 2 is 1.84 bits per heavy atom. The molecule has 2 aromatic rings. The first-order valence-corrected chi connectivity index (χ1v) is 10.5. The van der Waals surface area contributed by atoms with Gasteiger partial charge in [0.25, 0.3) is 5.91 Å². The van der Waals surface area contributed by atoms with Gasteiger partial charge in [-0.25, -0.2) is 13.1 Å². The van der Waals surface area contributed by atoms with Crippen LogP contribution in [0.4, 0.5) is 0 Å². The second kappa shape index (κ2) is 8.23. The number of carbonyl (C=O) groups is 1. The third-order valence-electron chi connectivity index (χ3n) is 3.67. The summed E-state index contributed by atoms with van der Waals surface area (Å²) in [5, 5.41) is 0.213. The van der Waals surface area contributed by atoms with Crippen LogP contribution in [0.3, 0.4) is 0 Å². The van der Waals surface area contributed by atoms with Crippen LogP contribution in [0.2, 0.25) is 5.02 Å². The molecule has 1 amide bonds. The van der Waals surface area contributed by atoms with E-state index in [0.29, 0.717) is 6.54 Å². The van der Waals surface area contributed by atoms with E-state index in [-0.39, 0.29) is 21.4 Å². The van der Waals surface area contributed by atoms with E-state index >= 15 is 0 Å². The van der Waals surface area contributed by atoms with Gasteiger partial charge >= 0.3 is 0 Å². The summed E-state index contributed by atoms with van der Waals surface area (Å²) in [5.74, 6) is -0.341. The molecule has 0 aliphatic rings. The first-order valence-electron chi connectivity index (χ1n) is 7.40. The molecular formula is C17H19ClN2O3S2. The molecule has 0 fully saturated rings. The van der Waals surface area contributed by atoms with Crippen molar-refractivity contribution in [3.8, 4) is 0 Å². The van der Waals surface area contributed by atoms with Crippen LogP contribution in [0, 0.1) is 0 Å². The molecule has 2 aromatic carbocycles. The number of thioether (sulfide) groups is 1. The van der Waals surface area contributed by atoms with Crippen LogP contribution in [0.15, 0.2) is 52.3 Å². The highest BCUT2D eigenvalue weighted by molar-refractivity contribution is 7.98. The molecule has 0 saturated heterocycles. The summed E-state index contributed by atoms with van der Waals surface area (Å²) >= 11 is 7.75. The zero-order chi connectivity index (χ0) is 18.6. The highest BCUT2D eigenvalue weighted by Gasteiger charge is 2.20. The number of hydrogen-bond donors (Lipinski definition) is 1. The Hall–Kier alpha value is -1.54. The van der Waals surface area contributed by atoms with Gasteiger partial charge in [-0.1, -0.05) is 23.7 Å². The van der Waals surface area contributed by atoms with Gasteiger partial charge in [0.1, 0.15) is 0 Å². The van der Waals surface area contributed by atoms with Gasteiger partial charge < -0.3 is 4.90 Å². The van der Waals surface area contributed by atoms with Gasteiger partial charge in [0.05, 0.1) is 15.5 Å². The van der Waals surface area contributed by atoms with Crippen LogP contribution in [0.1, 0.15) is 15.9 Å². The van der Waals surface area contributed by atoms with E-state index in [4.69, 9.17) is 11.6 Å². The minimum atomic E-state index is -3.64. The van der Waals surface area contributed by atoms with Gasteiger partial charge in [-0.3, -0.25) is 4.79 Å². The van der Waals surface area contributed by atoms with E-state index in [2.05, 4.69) is 4.72 Å². The minimum Gasteiger partial charge on any atom is -0.337 e. The lowest BCUT2D eigenvalue weighted by atomic mass is 10.1. The highest BCUT2D eigenvalue weighted by Crippen LogP contribution is 2.23. The molecule has 0 spiro atoms. The van der Waals surface area contributed by atoms with Crippen LogP contribution in [-0.4, -0.2) is 39.6 Å². The number of nitrogens with one attached hydrogen (secondary N) is 1. The number of nitrogens with zero attached hydrogens (tertiary/aromatic N) is 1. The fraction of sp³-hybridized carbons (Fsp3) is 0.235. The Labute approximate surface area is 157 Å². The SMILES string of the molecule is CNS(=O)(=O)c1ccc(Cl)c(C(=O)N(C)Cc2ccc(SC)cc2)c1. The number of carbonyl (C=O) groups excluding carboxylic acids is 1. The molecule has 1 N–H and O–H groups in total. The number of hydrogen-bond acceptors (Lipinski definition) is 4. The summed E-state index contributed by atoms with van der Waals surface area (Å²) in [6, 6.07) is 12.0. The van der Waals surface area contributed by atoms with E-state index in [1.165, 1.54) is 30.1 Å². The zero-order valence-corrected chi connectivity index (χ0v) is 16.5. The summed E-state index contributed by atoms with van der Waals surface area (Å²) < 4.78 is 26.1. The van der Waals surface area contributed by atoms with Crippen LogP contribution >= 0.6 is 23.4 Å². The quantitative estimate of drug-likeness (QED) is 0.758. The summed E-state index contributed by atoms with van der Waals surface area (Å²) in [6.07, 6.45) is 2.00. The van der Waals surface area contributed by atoms with Crippen molar-refractivity contribution in [3.05, 3.63) is 58.6 Å². The average Bonchev–Trinajstić information content (AvgIpc) is 2.62. The fourth-order valence-corrected chi connectivity index (χ4v) is 3.60. The van der Waals surface area contributed by atoms with E-state index in [1.54, 1.807) is 18.8 Å². The first kappa shape index (κ1) is 19.8. The molecule has 0 saturated carbocycles. The molecule has 0 unspecified atom stereocenters. The molecule has 2 rings (SSSR count). The van der Waals surface area contributed by atoms with Gasteiger partial charge in [-0.05, 0) is 49.2 Å². The standard InChI is InChI=1S/C17H19ClN2O3S2/c1-19-25(22,23)14-8-9-16(18)15(10-14)17(21)20(2)11-12-4-6-13(24-3)7-5-12/h4-10,19H,11H2,1-3H3. The molecule has 0 aliphatic carbocycles. The van der Waals surface area contributed by atoms with Crippen molar-refractivity contribution in [2.45, 2.75) is 16.3 Å². The van der Waals surface area contributed by atoms with Crippen molar-refractivity contribution in [1.82, 2.24) is 9.62 Å². The predicted octanol–water partition coefficient (Wildman–Crippen LogP) is 3.24. The number of rotatable bonds is 6. The molecule has 5 nitrogen and oxygen atoms in total. The second-order valence-corrected chi connectivity index (χ2v) is 8.53. The maximum Gasteiger partial charge on any atom is 0.255 e. The van der Waals surface area contributed by atoms with Crippen molar-refractivity contribution in [1.29, 1.82) is 0 Å². The summed E-state index contributed by atoms with van der Waals surface area (Å²) in [5.41, 5.74) is 1.13. The van der Waals surface area contributed by atoms with Crippen molar-refractivity contribution >= 4 is 39.3 Å². The van der Waals surface area contributed by atoms with E-state index < -0.39 is 10.0 Å². The largest absolute Gasteiger partial charge is 0.337 e. The second-order valence-electron chi connectivity index (χ2n) is 5.36. The zero-order valence-electron chi connectivity index (χ0n) is 14.1. The van der Waals surface area contributed by atoms with Crippen LogP contribution in [0.5, 0.6) is 0 Å². The maximum atomic E-state index is 12.7. The monoisotopic (exact) mass is 398 g/mol. The first-order chi connectivity index (χ1) is 11.8. The molecule has 0 atom stereocenters. The van der Waals surface area contributed by atoms with E-state index in [0.717, 1.165) is 10.5 Å². The molecule has 0 heterocycles. The minimum absolute atomic E-state index is 0.000438. The van der Waals surface area contributed by atoms with Gasteiger partial charge in [0.2, 0.25) is 10.0 Å². The average molecular weight is 399 g/mol. The number of sulfonamides is 1. The highest BCUT2D eigenvalue weighted by atomic mass is 35.5. The predicted molar refractivity (Wildman–Crippen MR) is 102 cm³/mol. The van der Waals surface area contributed by atoms with Crippen LogP contribution < -0.4 is 4.72 Å². The van der Waals surface area contributed by atoms with Crippen molar-refractivity contribution in [2.24, 2.45) is 0 Å². The van der Waals surface area contributed by atoms with Gasteiger partial charge in [0, 0.05) is 18.5 Å². The third-order valence-corrected chi connectivity index (χ3v) is 6.16. The van der Waals surface area contributed by atoms with Crippen molar-refractivity contribution in [3.63, 3.8) is 0 Å². The smallest absolute Gasteiger partial charge is 0.255 e. The molecule has 0 aromatic heterocycles. The van der Waals surface area contributed by atoms with Crippen molar-refractivity contribution in [2.75, 3.05) is 20.4 Å². The molecule has 0 bridgehead atoms. The molecule has 134 valence electrons. The molecular weight excluding hydrogens is 380 g/mol. The van der Waals surface area contributed by atoms with Crippen molar-refractivity contribution < 1.29 is 13.2 Å². The lowest BCUT2D eigenvalue weighted by Crippen LogP contribution is -2.27. The Balaban J connectivity index is 2.25. The Bertz CT molecular complexity index is 868. The molecule has 0 aliphatic heterocycles. The number of benzene rings is 2. The van der Waals surface area contributed by atoms with Gasteiger partial charge in [-0.15, -0.1) is 11.8 Å². The topological polar surface area (TPSA) is 66.5 Å². The van der Waals surface area contributed by atoms with Crippen LogP contribution in [0.25, 0.3) is 0 Å². The Morgan fingerprint density at radius 1 is 1.20 bits per heavy atom. The third kappa shape index (κ3) is 4.76.